The number of nitrogens with one attached hydrogen (secondary N) is 1. The molecule has 0 fully saturated rings. The van der Waals surface area contributed by atoms with Gasteiger partial charge in [0.05, 0.1) is 39.9 Å². The topological polar surface area (TPSA) is 105 Å². The average Bonchev–Trinajstić information content (AvgIpc) is 3.16. The molecule has 0 aliphatic carbocycles. The molecule has 0 aromatic rings. The van der Waals surface area contributed by atoms with Crippen molar-refractivity contribution < 1.29 is 32.9 Å². The Balaban J connectivity index is 4.11. The Labute approximate surface area is 351 Å². The second-order valence-electron chi connectivity index (χ2n) is 16.8. The molecule has 57 heavy (non-hydrogen) atoms. The van der Waals surface area contributed by atoms with Gasteiger partial charge in [0.2, 0.25) is 5.91 Å². The minimum Gasteiger partial charge on any atom is -0.391 e. The van der Waals surface area contributed by atoms with Gasteiger partial charge in [0.25, 0.3) is 0 Å². The molecule has 0 heterocycles. The quantitative estimate of drug-likeness (QED) is 0.0245. The zero-order chi connectivity index (χ0) is 42.1. The molecule has 0 saturated carbocycles. The van der Waals surface area contributed by atoms with Gasteiger partial charge in [0.1, 0.15) is 13.2 Å². The summed E-state index contributed by atoms with van der Waals surface area (Å²) in [6, 6.07) is -0.761. The molecule has 3 unspecified atom stereocenters. The molecule has 0 spiro atoms. The number of phosphoric acid groups is 1. The summed E-state index contributed by atoms with van der Waals surface area (Å²) in [7, 11) is 1.60. The van der Waals surface area contributed by atoms with Crippen LogP contribution < -0.4 is 5.32 Å². The summed E-state index contributed by atoms with van der Waals surface area (Å²) in [5, 5.41) is 13.9. The van der Waals surface area contributed by atoms with E-state index in [-0.39, 0.29) is 19.1 Å². The Bertz CT molecular complexity index is 1110. The van der Waals surface area contributed by atoms with Crippen molar-refractivity contribution in [3.63, 3.8) is 0 Å². The lowest BCUT2D eigenvalue weighted by atomic mass is 10.0. The number of aliphatic hydroxyl groups excluding tert-OH is 1. The van der Waals surface area contributed by atoms with Gasteiger partial charge in [-0.05, 0) is 57.8 Å². The van der Waals surface area contributed by atoms with Gasteiger partial charge < -0.3 is 19.8 Å². The van der Waals surface area contributed by atoms with Crippen molar-refractivity contribution in [3.05, 3.63) is 60.8 Å². The highest BCUT2D eigenvalue weighted by molar-refractivity contribution is 7.47. The number of hydrogen-bond acceptors (Lipinski definition) is 5. The monoisotopic (exact) mass is 822 g/mol. The van der Waals surface area contributed by atoms with Crippen molar-refractivity contribution >= 4 is 13.7 Å². The van der Waals surface area contributed by atoms with Crippen LogP contribution in [0.15, 0.2) is 60.8 Å². The lowest BCUT2D eigenvalue weighted by Gasteiger charge is -2.26. The number of hydrogen-bond donors (Lipinski definition) is 3. The third-order valence-corrected chi connectivity index (χ3v) is 11.0. The predicted molar refractivity (Wildman–Crippen MR) is 244 cm³/mol. The maximum Gasteiger partial charge on any atom is 0.472 e. The summed E-state index contributed by atoms with van der Waals surface area (Å²) in [6.07, 6.45) is 51.2. The van der Waals surface area contributed by atoms with Crippen LogP contribution in [0.3, 0.4) is 0 Å². The average molecular weight is 822 g/mol. The first-order valence-corrected chi connectivity index (χ1v) is 24.6. The lowest BCUT2D eigenvalue weighted by Crippen LogP contribution is -2.46. The zero-order valence-electron chi connectivity index (χ0n) is 37.6. The smallest absolute Gasteiger partial charge is 0.391 e. The Hall–Kier alpha value is -1.80. The van der Waals surface area contributed by atoms with Gasteiger partial charge in [-0.3, -0.25) is 13.8 Å². The number of unbranched alkanes of at least 4 members (excludes halogenated alkanes) is 18. The first-order valence-electron chi connectivity index (χ1n) is 23.2. The molecule has 3 atom stereocenters. The van der Waals surface area contributed by atoms with Crippen LogP contribution in [0.1, 0.15) is 187 Å². The van der Waals surface area contributed by atoms with Gasteiger partial charge in [-0.1, -0.05) is 184 Å². The third kappa shape index (κ3) is 42.1. The van der Waals surface area contributed by atoms with E-state index in [1.165, 1.54) is 89.9 Å². The molecule has 0 aliphatic rings. The standard InChI is InChI=1S/C48H89N2O6P/c1-6-8-10-12-14-16-17-18-19-20-21-22-23-24-25-26-27-28-29-30-31-32-33-34-36-38-40-42-48(52)49-46(45-56-57(53,54)55-44-43-50(3,4)5)47(51)41-39-37-35-15-13-11-9-7-2/h8,10,14,16,18-19,21-22,24-25,46-47,51H,6-7,9,11-13,15,17,20,23,26-45H2,1-5H3,(H-,49,52,53,54)/p+1/b10-8-,16-14-,19-18-,22-21-,25-24-. The number of quaternary nitrogens is 1. The van der Waals surface area contributed by atoms with Crippen LogP contribution in [0.5, 0.6) is 0 Å². The summed E-state index contributed by atoms with van der Waals surface area (Å²) in [5.74, 6) is -0.154. The van der Waals surface area contributed by atoms with Crippen LogP contribution in [0.25, 0.3) is 0 Å². The van der Waals surface area contributed by atoms with E-state index in [9.17, 15) is 19.4 Å². The Kier molecular flexibility index (Phi) is 38.4. The Morgan fingerprint density at radius 1 is 0.614 bits per heavy atom. The summed E-state index contributed by atoms with van der Waals surface area (Å²) in [5.41, 5.74) is 0. The highest BCUT2D eigenvalue weighted by atomic mass is 31.2. The van der Waals surface area contributed by atoms with E-state index >= 15 is 0 Å². The van der Waals surface area contributed by atoms with Crippen molar-refractivity contribution in [1.82, 2.24) is 5.32 Å². The Morgan fingerprint density at radius 3 is 1.54 bits per heavy atom. The van der Waals surface area contributed by atoms with E-state index in [0.29, 0.717) is 23.9 Å². The molecule has 0 aromatic carbocycles. The number of nitrogens with zero attached hydrogens (tertiary/aromatic N) is 1. The number of rotatable bonds is 41. The number of carbonyl (C=O) groups excluding carboxylic acids is 1. The number of likely N-dealkylation sites (N-methyl/N-ethyl adjacent to an activating group) is 1. The lowest BCUT2D eigenvalue weighted by molar-refractivity contribution is -0.870. The van der Waals surface area contributed by atoms with E-state index in [1.807, 2.05) is 21.1 Å². The molecule has 0 aromatic heterocycles. The SMILES string of the molecule is CC/C=C\C/C=C\C/C=C\C/C=C\C/C=C\CCCCCCCCCCCCCC(=O)NC(COP(=O)(O)OCC[N+](C)(C)C)C(O)CCCCCCCCCC. The van der Waals surface area contributed by atoms with Gasteiger partial charge in [-0.15, -0.1) is 0 Å². The van der Waals surface area contributed by atoms with E-state index in [1.54, 1.807) is 0 Å². The first kappa shape index (κ1) is 55.2. The van der Waals surface area contributed by atoms with Crippen LogP contribution in [0.2, 0.25) is 0 Å². The van der Waals surface area contributed by atoms with Crippen molar-refractivity contribution in [2.75, 3.05) is 40.9 Å². The van der Waals surface area contributed by atoms with Crippen molar-refractivity contribution in [1.29, 1.82) is 0 Å². The molecule has 0 radical (unpaired) electrons. The zero-order valence-corrected chi connectivity index (χ0v) is 38.5. The fraction of sp³-hybridized carbons (Fsp3) is 0.771. The molecule has 9 heteroatoms. The molecule has 8 nitrogen and oxygen atoms in total. The second-order valence-corrected chi connectivity index (χ2v) is 18.2. The normalized spacial score (nSPS) is 14.9. The fourth-order valence-electron chi connectivity index (χ4n) is 6.37. The molecule has 332 valence electrons. The largest absolute Gasteiger partial charge is 0.472 e. The summed E-state index contributed by atoms with van der Waals surface area (Å²) in [4.78, 5) is 23.1. The van der Waals surface area contributed by atoms with Gasteiger partial charge in [-0.2, -0.15) is 0 Å². The maximum atomic E-state index is 12.9. The summed E-state index contributed by atoms with van der Waals surface area (Å²) < 4.78 is 23.5. The molecular weight excluding hydrogens is 732 g/mol. The van der Waals surface area contributed by atoms with Crippen molar-refractivity contribution in [2.45, 2.75) is 199 Å². The highest BCUT2D eigenvalue weighted by Crippen LogP contribution is 2.43. The fourth-order valence-corrected chi connectivity index (χ4v) is 7.10. The number of amides is 1. The van der Waals surface area contributed by atoms with Crippen molar-refractivity contribution in [3.8, 4) is 0 Å². The summed E-state index contributed by atoms with van der Waals surface area (Å²) in [6.45, 7) is 4.72. The Morgan fingerprint density at radius 2 is 1.05 bits per heavy atom. The molecule has 0 saturated heterocycles. The first-order chi connectivity index (χ1) is 27.5. The maximum absolute atomic E-state index is 12.9. The third-order valence-electron chi connectivity index (χ3n) is 10.0. The van der Waals surface area contributed by atoms with Gasteiger partial charge >= 0.3 is 7.82 Å². The van der Waals surface area contributed by atoms with Crippen LogP contribution >= 0.6 is 7.82 Å². The summed E-state index contributed by atoms with van der Waals surface area (Å²) >= 11 is 0. The molecule has 0 aliphatic heterocycles. The minimum absolute atomic E-state index is 0.0715. The van der Waals surface area contributed by atoms with Gasteiger partial charge in [0.15, 0.2) is 0 Å². The number of aliphatic hydroxyl groups is 1. The molecule has 3 N–H and O–H groups in total. The number of carbonyl (C=O) groups is 1. The van der Waals surface area contributed by atoms with E-state index in [4.69, 9.17) is 9.05 Å². The van der Waals surface area contributed by atoms with Gasteiger partial charge in [0, 0.05) is 6.42 Å². The van der Waals surface area contributed by atoms with Crippen LogP contribution in [0.4, 0.5) is 0 Å². The van der Waals surface area contributed by atoms with Crippen molar-refractivity contribution in [2.24, 2.45) is 0 Å². The molecule has 0 rings (SSSR count). The molecular formula is C48H90N2O6P+. The van der Waals surface area contributed by atoms with Crippen LogP contribution in [-0.4, -0.2) is 73.4 Å². The number of phosphoric ester groups is 1. The second kappa shape index (κ2) is 39.6. The minimum atomic E-state index is -4.31. The van der Waals surface area contributed by atoms with E-state index < -0.39 is 20.0 Å². The molecule has 0 bridgehead atoms. The van der Waals surface area contributed by atoms with E-state index in [2.05, 4.69) is 79.9 Å². The number of allylic oxidation sites excluding steroid dienone is 10. The van der Waals surface area contributed by atoms with Gasteiger partial charge in [-0.25, -0.2) is 4.57 Å². The van der Waals surface area contributed by atoms with Crippen LogP contribution in [-0.2, 0) is 18.4 Å². The predicted octanol–water partition coefficient (Wildman–Crippen LogP) is 13.0. The molecule has 1 amide bonds. The highest BCUT2D eigenvalue weighted by Gasteiger charge is 2.28. The van der Waals surface area contributed by atoms with E-state index in [0.717, 1.165) is 70.6 Å². The van der Waals surface area contributed by atoms with Crippen LogP contribution in [0, 0.1) is 0 Å².